The molecule has 1 unspecified atom stereocenters. The molecule has 0 aromatic heterocycles. The first-order chi connectivity index (χ1) is 11.3. The lowest BCUT2D eigenvalue weighted by molar-refractivity contribution is -0.384. The second-order valence-electron chi connectivity index (χ2n) is 6.78. The van der Waals surface area contributed by atoms with Crippen molar-refractivity contribution in [2.45, 2.75) is 55.1 Å². The van der Waals surface area contributed by atoms with Gasteiger partial charge in [0.1, 0.15) is 5.69 Å². The molecule has 1 heterocycles. The maximum atomic E-state index is 11.6. The molecule has 0 bridgehead atoms. The van der Waals surface area contributed by atoms with Crippen LogP contribution in [0.3, 0.4) is 0 Å². The zero-order valence-corrected chi connectivity index (χ0v) is 14.5. The quantitative estimate of drug-likeness (QED) is 0.659. The molecule has 0 amide bonds. The predicted molar refractivity (Wildman–Crippen MR) is 90.0 cm³/mol. The Hall–Kier alpha value is -1.67. The van der Waals surface area contributed by atoms with Gasteiger partial charge in [0.2, 0.25) is 0 Å². The van der Waals surface area contributed by atoms with Gasteiger partial charge in [-0.05, 0) is 37.8 Å². The highest BCUT2D eigenvalue weighted by Crippen LogP contribution is 2.41. The van der Waals surface area contributed by atoms with Gasteiger partial charge in [-0.1, -0.05) is 12.8 Å². The third kappa shape index (κ3) is 3.54. The predicted octanol–water partition coefficient (Wildman–Crippen LogP) is 2.90. The maximum absolute atomic E-state index is 11.6. The Balaban J connectivity index is 1.83. The molecule has 24 heavy (non-hydrogen) atoms. The van der Waals surface area contributed by atoms with E-state index in [-0.39, 0.29) is 22.2 Å². The van der Waals surface area contributed by atoms with Gasteiger partial charge in [-0.2, -0.15) is 0 Å². The van der Waals surface area contributed by atoms with Crippen LogP contribution in [0.4, 0.5) is 11.4 Å². The van der Waals surface area contributed by atoms with Gasteiger partial charge in [-0.25, -0.2) is 8.42 Å². The number of hydrogen-bond donors (Lipinski definition) is 1. The fourth-order valence-electron chi connectivity index (χ4n) is 3.75. The Morgan fingerprint density at radius 2 is 2.04 bits per heavy atom. The van der Waals surface area contributed by atoms with Gasteiger partial charge in [0.15, 0.2) is 9.84 Å². The lowest BCUT2D eigenvalue weighted by atomic mass is 9.89. The molecule has 1 N–H and O–H groups in total. The molecule has 7 nitrogen and oxygen atoms in total. The van der Waals surface area contributed by atoms with E-state index in [9.17, 15) is 18.5 Å². The Kier molecular flexibility index (Phi) is 4.52. The molecule has 2 fully saturated rings. The number of nitro benzene ring substituents is 1. The summed E-state index contributed by atoms with van der Waals surface area (Å²) in [4.78, 5) is 10.8. The van der Waals surface area contributed by atoms with Crippen LogP contribution in [0.5, 0.6) is 0 Å². The van der Waals surface area contributed by atoms with Crippen LogP contribution in [0.15, 0.2) is 23.1 Å². The van der Waals surface area contributed by atoms with Crippen molar-refractivity contribution in [3.63, 3.8) is 0 Å². The molecular formula is C16H22N2O5S. The summed E-state index contributed by atoms with van der Waals surface area (Å²) in [5.74, 6) is 0. The van der Waals surface area contributed by atoms with Crippen molar-refractivity contribution in [1.29, 1.82) is 0 Å². The first-order valence-electron chi connectivity index (χ1n) is 8.18. The molecule has 1 spiro atoms. The molecule has 2 aliphatic rings. The summed E-state index contributed by atoms with van der Waals surface area (Å²) in [5.41, 5.74) is 0.0783. The molecule has 0 radical (unpaired) electrons. The average Bonchev–Trinajstić information content (AvgIpc) is 2.94. The topological polar surface area (TPSA) is 98.5 Å². The molecule has 1 aliphatic carbocycles. The molecule has 1 atom stereocenters. The number of nitrogens with zero attached hydrogens (tertiary/aromatic N) is 1. The third-order valence-corrected chi connectivity index (χ3v) is 6.07. The highest BCUT2D eigenvalue weighted by molar-refractivity contribution is 7.90. The minimum atomic E-state index is -3.48. The fraction of sp³-hybridized carbons (Fsp3) is 0.625. The number of anilines is 1. The molecule has 1 aromatic rings. The number of sulfone groups is 1. The average molecular weight is 354 g/mol. The molecule has 1 saturated carbocycles. The van der Waals surface area contributed by atoms with E-state index in [2.05, 4.69) is 5.32 Å². The zero-order valence-electron chi connectivity index (χ0n) is 13.7. The van der Waals surface area contributed by atoms with Crippen molar-refractivity contribution in [1.82, 2.24) is 0 Å². The van der Waals surface area contributed by atoms with Crippen LogP contribution in [0.2, 0.25) is 0 Å². The van der Waals surface area contributed by atoms with E-state index in [1.54, 1.807) is 0 Å². The highest BCUT2D eigenvalue weighted by atomic mass is 32.2. The van der Waals surface area contributed by atoms with Crippen molar-refractivity contribution in [2.75, 3.05) is 18.2 Å². The van der Waals surface area contributed by atoms with Crippen molar-refractivity contribution in [3.05, 3.63) is 28.3 Å². The molecule has 1 aromatic carbocycles. The number of nitro groups is 1. The highest BCUT2D eigenvalue weighted by Gasteiger charge is 2.40. The van der Waals surface area contributed by atoms with E-state index in [0.29, 0.717) is 12.3 Å². The molecule has 1 aliphatic heterocycles. The minimum Gasteiger partial charge on any atom is -0.377 e. The molecule has 1 saturated heterocycles. The van der Waals surface area contributed by atoms with Crippen LogP contribution in [0, 0.1) is 10.1 Å². The third-order valence-electron chi connectivity index (χ3n) is 4.96. The summed E-state index contributed by atoms with van der Waals surface area (Å²) in [6.45, 7) is 0.646. The van der Waals surface area contributed by atoms with Gasteiger partial charge in [-0.15, -0.1) is 0 Å². The van der Waals surface area contributed by atoms with Crippen LogP contribution in [-0.2, 0) is 14.6 Å². The van der Waals surface area contributed by atoms with E-state index in [1.807, 2.05) is 0 Å². The van der Waals surface area contributed by atoms with Gasteiger partial charge in [-0.3, -0.25) is 10.1 Å². The smallest absolute Gasteiger partial charge is 0.293 e. The number of benzene rings is 1. The van der Waals surface area contributed by atoms with Crippen LogP contribution in [-0.4, -0.2) is 37.8 Å². The van der Waals surface area contributed by atoms with Gasteiger partial charge in [0, 0.05) is 25.0 Å². The van der Waals surface area contributed by atoms with Crippen LogP contribution in [0.25, 0.3) is 0 Å². The van der Waals surface area contributed by atoms with E-state index < -0.39 is 14.8 Å². The lowest BCUT2D eigenvalue weighted by Crippen LogP contribution is -2.42. The summed E-state index contributed by atoms with van der Waals surface area (Å²) in [7, 11) is -3.48. The Bertz CT molecular complexity index is 741. The standard InChI is InChI=1S/C16H22N2O5S/c1-24(21,22)13-4-5-14(15(10-13)18(19)20)17-12-6-9-23-16(11-12)7-2-3-8-16/h4-5,10,12,17H,2-3,6-9,11H2,1H3. The van der Waals surface area contributed by atoms with Crippen molar-refractivity contribution >= 4 is 21.2 Å². The second kappa shape index (κ2) is 6.33. The maximum Gasteiger partial charge on any atom is 0.293 e. The van der Waals surface area contributed by atoms with Gasteiger partial charge >= 0.3 is 0 Å². The first kappa shape index (κ1) is 17.2. The number of ether oxygens (including phenoxy) is 1. The fourth-order valence-corrected chi connectivity index (χ4v) is 4.39. The van der Waals surface area contributed by atoms with Crippen molar-refractivity contribution < 1.29 is 18.1 Å². The van der Waals surface area contributed by atoms with Gasteiger partial charge in [0.05, 0.1) is 15.4 Å². The Morgan fingerprint density at radius 1 is 1.33 bits per heavy atom. The van der Waals surface area contributed by atoms with E-state index in [0.717, 1.165) is 50.8 Å². The summed E-state index contributed by atoms with van der Waals surface area (Å²) in [6, 6.07) is 4.13. The lowest BCUT2D eigenvalue weighted by Gasteiger charge is -2.38. The number of nitrogens with one attached hydrogen (secondary N) is 1. The van der Waals surface area contributed by atoms with E-state index >= 15 is 0 Å². The van der Waals surface area contributed by atoms with E-state index in [1.165, 1.54) is 12.1 Å². The summed E-state index contributed by atoms with van der Waals surface area (Å²) in [6.07, 6.45) is 7.07. The Labute approximate surface area is 141 Å². The molecule has 132 valence electrons. The van der Waals surface area contributed by atoms with Crippen LogP contribution in [0.1, 0.15) is 38.5 Å². The van der Waals surface area contributed by atoms with Gasteiger partial charge < -0.3 is 10.1 Å². The monoisotopic (exact) mass is 354 g/mol. The summed E-state index contributed by atoms with van der Waals surface area (Å²) < 4.78 is 29.2. The van der Waals surface area contributed by atoms with E-state index in [4.69, 9.17) is 4.74 Å². The molecular weight excluding hydrogens is 332 g/mol. The van der Waals surface area contributed by atoms with Gasteiger partial charge in [0.25, 0.3) is 5.69 Å². The second-order valence-corrected chi connectivity index (χ2v) is 8.80. The normalized spacial score (nSPS) is 23.3. The minimum absolute atomic E-state index is 0.0426. The molecule has 8 heteroatoms. The van der Waals surface area contributed by atoms with Crippen LogP contribution >= 0.6 is 0 Å². The molecule has 3 rings (SSSR count). The SMILES string of the molecule is CS(=O)(=O)c1ccc(NC2CCOC3(CCCC3)C2)c([N+](=O)[O-])c1. The summed E-state index contributed by atoms with van der Waals surface area (Å²) >= 11 is 0. The first-order valence-corrected chi connectivity index (χ1v) is 10.1. The Morgan fingerprint density at radius 3 is 2.67 bits per heavy atom. The van der Waals surface area contributed by atoms with Crippen molar-refractivity contribution in [2.24, 2.45) is 0 Å². The largest absolute Gasteiger partial charge is 0.377 e. The van der Waals surface area contributed by atoms with Crippen LogP contribution < -0.4 is 5.32 Å². The zero-order chi connectivity index (χ0) is 17.4. The van der Waals surface area contributed by atoms with Crippen molar-refractivity contribution in [3.8, 4) is 0 Å². The number of rotatable bonds is 4. The summed E-state index contributed by atoms with van der Waals surface area (Å²) in [5, 5.41) is 14.6. The number of hydrogen-bond acceptors (Lipinski definition) is 6.